The number of aromatic amines is 1. The Kier molecular flexibility index (Phi) is 5.73. The Balaban J connectivity index is 1.76. The number of rotatable bonds is 4. The minimum absolute atomic E-state index is 0.295. The van der Waals surface area contributed by atoms with Crippen molar-refractivity contribution in [1.29, 1.82) is 0 Å². The zero-order valence-electron chi connectivity index (χ0n) is 15.8. The number of nitrogens with zero attached hydrogens (tertiary/aromatic N) is 3. The summed E-state index contributed by atoms with van der Waals surface area (Å²) in [4.78, 5) is 9.48. The molecule has 0 saturated carbocycles. The van der Waals surface area contributed by atoms with Crippen LogP contribution in [0.1, 0.15) is 5.56 Å². The van der Waals surface area contributed by atoms with Gasteiger partial charge in [0.1, 0.15) is 5.82 Å². The minimum atomic E-state index is -1.24. The first-order valence-electron chi connectivity index (χ1n) is 8.88. The highest BCUT2D eigenvalue weighted by atomic mass is 32.2. The van der Waals surface area contributed by atoms with Crippen LogP contribution < -0.4 is 5.32 Å². The van der Waals surface area contributed by atoms with Gasteiger partial charge in [0.25, 0.3) is 0 Å². The van der Waals surface area contributed by atoms with E-state index in [0.717, 1.165) is 38.4 Å². The monoisotopic (exact) mass is 421 g/mol. The quantitative estimate of drug-likeness (QED) is 0.600. The van der Waals surface area contributed by atoms with Gasteiger partial charge in [-0.2, -0.15) is 5.10 Å². The third-order valence-corrected chi connectivity index (χ3v) is 5.91. The second kappa shape index (κ2) is 8.59. The van der Waals surface area contributed by atoms with Crippen molar-refractivity contribution in [3.05, 3.63) is 78.7 Å². The van der Waals surface area contributed by atoms with Gasteiger partial charge in [0.2, 0.25) is 5.16 Å². The molecule has 1 aromatic carbocycles. The summed E-state index contributed by atoms with van der Waals surface area (Å²) >= 11 is 1.74. The molecule has 0 bridgehead atoms. The predicted octanol–water partition coefficient (Wildman–Crippen LogP) is 4.59. The molecule has 1 unspecified atom stereocenters. The van der Waals surface area contributed by atoms with Gasteiger partial charge in [-0.15, -0.1) is 11.8 Å². The van der Waals surface area contributed by atoms with Gasteiger partial charge in [-0.05, 0) is 29.8 Å². The van der Waals surface area contributed by atoms with E-state index in [1.165, 1.54) is 0 Å². The molecular formula is C21H19N5OS2. The molecule has 1 aliphatic rings. The Labute approximate surface area is 175 Å². The number of aromatic nitrogens is 4. The fourth-order valence-electron chi connectivity index (χ4n) is 2.89. The lowest BCUT2D eigenvalue weighted by molar-refractivity contribution is 0.680. The highest BCUT2D eigenvalue weighted by molar-refractivity contribution is 8.08. The molecule has 0 fully saturated rings. The van der Waals surface area contributed by atoms with E-state index in [4.69, 9.17) is 0 Å². The Hall–Kier alpha value is -2.97. The van der Waals surface area contributed by atoms with Crippen LogP contribution in [0.2, 0.25) is 0 Å². The fraction of sp³-hybridized carbons (Fsp3) is 0.0952. The van der Waals surface area contributed by atoms with E-state index in [0.29, 0.717) is 11.0 Å². The van der Waals surface area contributed by atoms with Crippen molar-refractivity contribution in [1.82, 2.24) is 20.2 Å². The lowest BCUT2D eigenvalue weighted by atomic mass is 10.1. The molecule has 6 nitrogen and oxygen atoms in total. The summed E-state index contributed by atoms with van der Waals surface area (Å²) in [5.41, 5.74) is 3.78. The normalized spacial score (nSPS) is 19.5. The number of benzene rings is 1. The lowest BCUT2D eigenvalue weighted by Crippen LogP contribution is -2.01. The molecule has 2 N–H and O–H groups in total. The van der Waals surface area contributed by atoms with E-state index in [2.05, 4.69) is 50.3 Å². The molecule has 3 aromatic rings. The van der Waals surface area contributed by atoms with E-state index in [1.54, 1.807) is 36.5 Å². The number of anilines is 2. The molecule has 1 aliphatic heterocycles. The van der Waals surface area contributed by atoms with Crippen LogP contribution >= 0.6 is 11.8 Å². The molecule has 0 aliphatic carbocycles. The summed E-state index contributed by atoms with van der Waals surface area (Å²) in [6, 6.07) is 5.81. The number of allylic oxidation sites excluding steroid dienone is 5. The fourth-order valence-corrected chi connectivity index (χ4v) is 4.26. The maximum Gasteiger partial charge on any atom is 0.220 e. The zero-order valence-corrected chi connectivity index (χ0v) is 17.4. The average Bonchev–Trinajstić information content (AvgIpc) is 3.20. The standard InChI is InChI=1S/C21H19N5OS2/c1-14-6-4-3-5-9-28-18(10-14)17-12-16(11-15-13-23-26-20(15)17)24-19-7-8-22-21(25-19)29(2)27/h3-8,10-13H,1,9H2,2H3,(H,23,26)(H,22,24,25)/b5-3-,6-4-,18-10-. The maximum atomic E-state index is 11.7. The van der Waals surface area contributed by atoms with E-state index in [1.807, 2.05) is 24.3 Å². The largest absolute Gasteiger partial charge is 0.340 e. The Bertz CT molecular complexity index is 1190. The number of hydrogen-bond donors (Lipinski definition) is 2. The SMILES string of the molecule is C=C1/C=C\C=C/CS/C(c2cc(Nc3ccnc(S(C)=O)n3)cc3cn[nH]c23)=C\1. The zero-order chi connectivity index (χ0) is 20.2. The predicted molar refractivity (Wildman–Crippen MR) is 122 cm³/mol. The first-order valence-corrected chi connectivity index (χ1v) is 11.4. The number of nitrogens with one attached hydrogen (secondary N) is 2. The van der Waals surface area contributed by atoms with E-state index in [9.17, 15) is 4.21 Å². The Morgan fingerprint density at radius 3 is 3.07 bits per heavy atom. The summed E-state index contributed by atoms with van der Waals surface area (Å²) in [5, 5.41) is 11.9. The third-order valence-electron chi connectivity index (χ3n) is 4.19. The molecule has 1 atom stereocenters. The highest BCUT2D eigenvalue weighted by Crippen LogP contribution is 2.36. The first kappa shape index (κ1) is 19.4. The van der Waals surface area contributed by atoms with Gasteiger partial charge in [0.05, 0.1) is 22.5 Å². The molecule has 0 radical (unpaired) electrons. The van der Waals surface area contributed by atoms with E-state index >= 15 is 0 Å². The first-order chi connectivity index (χ1) is 14.1. The number of H-pyrrole nitrogens is 1. The van der Waals surface area contributed by atoms with Crippen molar-refractivity contribution < 1.29 is 4.21 Å². The van der Waals surface area contributed by atoms with Gasteiger partial charge < -0.3 is 5.32 Å². The lowest BCUT2D eigenvalue weighted by Gasteiger charge is -2.12. The molecule has 29 heavy (non-hydrogen) atoms. The maximum absolute atomic E-state index is 11.7. The molecule has 0 amide bonds. The van der Waals surface area contributed by atoms with Gasteiger partial charge in [0.15, 0.2) is 0 Å². The second-order valence-corrected chi connectivity index (χ2v) is 8.68. The molecule has 0 spiro atoms. The Morgan fingerprint density at radius 1 is 1.31 bits per heavy atom. The molecule has 146 valence electrons. The van der Waals surface area contributed by atoms with E-state index < -0.39 is 10.8 Å². The number of thioether (sulfide) groups is 1. The van der Waals surface area contributed by atoms with Crippen LogP contribution in [0.5, 0.6) is 0 Å². The summed E-state index contributed by atoms with van der Waals surface area (Å²) in [5.74, 6) is 1.44. The number of fused-ring (bicyclic) bond motifs is 1. The summed E-state index contributed by atoms with van der Waals surface area (Å²) in [6.07, 6.45) is 15.2. The van der Waals surface area contributed by atoms with Crippen molar-refractivity contribution in [3.8, 4) is 0 Å². The van der Waals surface area contributed by atoms with Crippen molar-refractivity contribution in [3.63, 3.8) is 0 Å². The van der Waals surface area contributed by atoms with Crippen molar-refractivity contribution in [2.45, 2.75) is 5.16 Å². The molecule has 2 aromatic heterocycles. The summed E-state index contributed by atoms with van der Waals surface area (Å²) in [6.45, 7) is 4.12. The van der Waals surface area contributed by atoms with Crippen molar-refractivity contribution >= 4 is 49.9 Å². The highest BCUT2D eigenvalue weighted by Gasteiger charge is 2.13. The second-order valence-electron chi connectivity index (χ2n) is 6.34. The third kappa shape index (κ3) is 4.55. The molecule has 4 rings (SSSR count). The molecular weight excluding hydrogens is 402 g/mol. The molecule has 3 heterocycles. The summed E-state index contributed by atoms with van der Waals surface area (Å²) < 4.78 is 11.7. The van der Waals surface area contributed by atoms with Crippen LogP contribution in [0.3, 0.4) is 0 Å². The van der Waals surface area contributed by atoms with Crippen molar-refractivity contribution in [2.24, 2.45) is 0 Å². The van der Waals surface area contributed by atoms with Crippen molar-refractivity contribution in [2.75, 3.05) is 17.3 Å². The molecule has 0 saturated heterocycles. The topological polar surface area (TPSA) is 83.6 Å². The Morgan fingerprint density at radius 2 is 2.21 bits per heavy atom. The van der Waals surface area contributed by atoms with Crippen LogP contribution in [0, 0.1) is 0 Å². The van der Waals surface area contributed by atoms with Crippen LogP contribution in [0.4, 0.5) is 11.5 Å². The molecule has 8 heteroatoms. The van der Waals surface area contributed by atoms with Gasteiger partial charge in [-0.25, -0.2) is 9.97 Å². The van der Waals surface area contributed by atoms with Crippen LogP contribution in [-0.2, 0) is 10.8 Å². The number of hydrogen-bond acceptors (Lipinski definition) is 6. The van der Waals surface area contributed by atoms with Gasteiger partial charge in [0, 0.05) is 39.7 Å². The van der Waals surface area contributed by atoms with Crippen LogP contribution in [0.25, 0.3) is 15.8 Å². The van der Waals surface area contributed by atoms with E-state index in [-0.39, 0.29) is 0 Å². The van der Waals surface area contributed by atoms with Crippen LogP contribution in [0.15, 0.2) is 78.3 Å². The smallest absolute Gasteiger partial charge is 0.220 e. The van der Waals surface area contributed by atoms with Gasteiger partial charge >= 0.3 is 0 Å². The van der Waals surface area contributed by atoms with Gasteiger partial charge in [-0.1, -0.05) is 30.9 Å². The van der Waals surface area contributed by atoms with Crippen LogP contribution in [-0.4, -0.2) is 36.4 Å². The summed E-state index contributed by atoms with van der Waals surface area (Å²) in [7, 11) is -1.24. The minimum Gasteiger partial charge on any atom is -0.340 e. The average molecular weight is 422 g/mol. The van der Waals surface area contributed by atoms with Gasteiger partial charge in [-0.3, -0.25) is 9.31 Å².